The van der Waals surface area contributed by atoms with Gasteiger partial charge in [0.05, 0.1) is 4.92 Å². The molecule has 1 aromatic carbocycles. The molecule has 112 valence electrons. The van der Waals surface area contributed by atoms with E-state index < -0.39 is 4.92 Å². The lowest BCUT2D eigenvalue weighted by Crippen LogP contribution is -2.34. The molecule has 0 amide bonds. The largest absolute Gasteiger partial charge is 0.393 e. The van der Waals surface area contributed by atoms with Gasteiger partial charge >= 0.3 is 0 Å². The summed E-state index contributed by atoms with van der Waals surface area (Å²) in [4.78, 5) is 14.7. The van der Waals surface area contributed by atoms with Crippen molar-refractivity contribution in [3.8, 4) is 0 Å². The third kappa shape index (κ3) is 4.70. The summed E-state index contributed by atoms with van der Waals surface area (Å²) in [5, 5.41) is 10.8. The Morgan fingerprint density at radius 1 is 1.30 bits per heavy atom. The van der Waals surface area contributed by atoms with Gasteiger partial charge in [0.15, 0.2) is 0 Å². The minimum absolute atomic E-state index is 0.0362. The van der Waals surface area contributed by atoms with E-state index in [1.807, 2.05) is 14.1 Å². The van der Waals surface area contributed by atoms with E-state index in [2.05, 4.69) is 23.6 Å². The van der Waals surface area contributed by atoms with Gasteiger partial charge in [-0.15, -0.1) is 0 Å². The van der Waals surface area contributed by atoms with E-state index in [9.17, 15) is 10.1 Å². The second-order valence-electron chi connectivity index (χ2n) is 5.64. The molecular weight excluding hydrogens is 256 g/mol. The van der Waals surface area contributed by atoms with E-state index in [1.54, 1.807) is 12.1 Å². The zero-order chi connectivity index (χ0) is 15.3. The van der Waals surface area contributed by atoms with Gasteiger partial charge in [0.25, 0.3) is 5.69 Å². The molecule has 0 saturated carbocycles. The van der Waals surface area contributed by atoms with Crippen LogP contribution in [0.15, 0.2) is 18.2 Å². The number of nitro groups is 1. The summed E-state index contributed by atoms with van der Waals surface area (Å²) >= 11 is 0. The lowest BCUT2D eigenvalue weighted by molar-refractivity contribution is -0.383. The molecule has 1 aromatic rings. The third-order valence-corrected chi connectivity index (χ3v) is 2.98. The summed E-state index contributed by atoms with van der Waals surface area (Å²) in [6.45, 7) is 6.98. The SMILES string of the molecule is CC(C)CN(CCN(C)C)c1ccc([N+](=O)[O-])c(N)c1. The highest BCUT2D eigenvalue weighted by Crippen LogP contribution is 2.27. The quantitative estimate of drug-likeness (QED) is 0.471. The average molecular weight is 280 g/mol. The molecule has 0 bridgehead atoms. The molecule has 2 N–H and O–H groups in total. The summed E-state index contributed by atoms with van der Waals surface area (Å²) in [5.41, 5.74) is 6.88. The number of anilines is 2. The van der Waals surface area contributed by atoms with Gasteiger partial charge in [-0.2, -0.15) is 0 Å². The number of benzene rings is 1. The standard InChI is InChI=1S/C14H24N4O2/c1-11(2)10-17(8-7-16(3)4)12-5-6-14(18(19)20)13(15)9-12/h5-6,9,11H,7-8,10,15H2,1-4H3. The van der Waals surface area contributed by atoms with Crippen LogP contribution in [0.2, 0.25) is 0 Å². The van der Waals surface area contributed by atoms with Gasteiger partial charge in [-0.25, -0.2) is 0 Å². The van der Waals surface area contributed by atoms with Gasteiger partial charge in [0.1, 0.15) is 5.69 Å². The van der Waals surface area contributed by atoms with E-state index in [0.717, 1.165) is 25.3 Å². The number of nitrogen functional groups attached to an aromatic ring is 1. The molecule has 0 atom stereocenters. The smallest absolute Gasteiger partial charge is 0.292 e. The van der Waals surface area contributed by atoms with Crippen molar-refractivity contribution in [1.82, 2.24) is 4.90 Å². The Kier molecular flexibility index (Phi) is 5.76. The van der Waals surface area contributed by atoms with Crippen molar-refractivity contribution in [1.29, 1.82) is 0 Å². The van der Waals surface area contributed by atoms with Gasteiger partial charge < -0.3 is 15.5 Å². The number of nitrogens with zero attached hydrogens (tertiary/aromatic N) is 3. The Bertz CT molecular complexity index is 460. The van der Waals surface area contributed by atoms with Crippen LogP contribution in [0, 0.1) is 16.0 Å². The molecule has 0 spiro atoms. The molecule has 0 aliphatic carbocycles. The molecule has 1 rings (SSSR count). The highest BCUT2D eigenvalue weighted by Gasteiger charge is 2.15. The Labute approximate surface area is 120 Å². The van der Waals surface area contributed by atoms with Crippen molar-refractivity contribution in [2.24, 2.45) is 5.92 Å². The first-order valence-corrected chi connectivity index (χ1v) is 6.75. The van der Waals surface area contributed by atoms with Crippen molar-refractivity contribution in [3.63, 3.8) is 0 Å². The van der Waals surface area contributed by atoms with E-state index in [4.69, 9.17) is 5.73 Å². The molecule has 0 aliphatic rings. The summed E-state index contributed by atoms with van der Waals surface area (Å²) in [6.07, 6.45) is 0. The first kappa shape index (κ1) is 16.2. The number of hydrogen-bond acceptors (Lipinski definition) is 5. The van der Waals surface area contributed by atoms with E-state index in [1.165, 1.54) is 6.07 Å². The van der Waals surface area contributed by atoms with Gasteiger partial charge in [-0.1, -0.05) is 13.8 Å². The molecule has 6 heteroatoms. The lowest BCUT2D eigenvalue weighted by atomic mass is 10.1. The highest BCUT2D eigenvalue weighted by atomic mass is 16.6. The number of hydrogen-bond donors (Lipinski definition) is 1. The Hall–Kier alpha value is -1.82. The van der Waals surface area contributed by atoms with Crippen LogP contribution in [0.1, 0.15) is 13.8 Å². The van der Waals surface area contributed by atoms with E-state index in [0.29, 0.717) is 5.92 Å². The van der Waals surface area contributed by atoms with Crippen LogP contribution in [-0.2, 0) is 0 Å². The predicted octanol–water partition coefficient (Wildman–Crippen LogP) is 2.20. The fourth-order valence-electron chi connectivity index (χ4n) is 1.99. The van der Waals surface area contributed by atoms with Gasteiger partial charge in [-0.3, -0.25) is 10.1 Å². The molecule has 0 radical (unpaired) electrons. The van der Waals surface area contributed by atoms with Crippen LogP contribution < -0.4 is 10.6 Å². The van der Waals surface area contributed by atoms with Crippen molar-refractivity contribution in [3.05, 3.63) is 28.3 Å². The zero-order valence-electron chi connectivity index (χ0n) is 12.7. The predicted molar refractivity (Wildman–Crippen MR) is 83.1 cm³/mol. The Balaban J connectivity index is 2.95. The minimum Gasteiger partial charge on any atom is -0.393 e. The normalized spacial score (nSPS) is 11.1. The number of nitro benzene ring substituents is 1. The molecule has 0 aromatic heterocycles. The maximum absolute atomic E-state index is 10.8. The molecule has 0 saturated heterocycles. The summed E-state index contributed by atoms with van der Waals surface area (Å²) in [5.74, 6) is 0.508. The molecule has 6 nitrogen and oxygen atoms in total. The number of likely N-dealkylation sites (N-methyl/N-ethyl adjacent to an activating group) is 1. The monoisotopic (exact) mass is 280 g/mol. The maximum atomic E-state index is 10.8. The molecule has 0 aliphatic heterocycles. The average Bonchev–Trinajstić information content (AvgIpc) is 2.33. The van der Waals surface area contributed by atoms with Crippen molar-refractivity contribution in [2.75, 3.05) is 44.4 Å². The number of rotatable bonds is 7. The first-order chi connectivity index (χ1) is 9.31. The Morgan fingerprint density at radius 3 is 2.40 bits per heavy atom. The lowest BCUT2D eigenvalue weighted by Gasteiger charge is -2.28. The molecular formula is C14H24N4O2. The van der Waals surface area contributed by atoms with Crippen LogP contribution in [0.25, 0.3) is 0 Å². The topological polar surface area (TPSA) is 75.6 Å². The van der Waals surface area contributed by atoms with Crippen LogP contribution in [0.5, 0.6) is 0 Å². The number of nitrogens with two attached hydrogens (primary N) is 1. The second-order valence-corrected chi connectivity index (χ2v) is 5.64. The van der Waals surface area contributed by atoms with Crippen molar-refractivity contribution >= 4 is 17.1 Å². The second kappa shape index (κ2) is 7.09. The molecule has 0 heterocycles. The van der Waals surface area contributed by atoms with Crippen LogP contribution >= 0.6 is 0 Å². The zero-order valence-corrected chi connectivity index (χ0v) is 12.7. The fourth-order valence-corrected chi connectivity index (χ4v) is 1.99. The maximum Gasteiger partial charge on any atom is 0.292 e. The van der Waals surface area contributed by atoms with Crippen LogP contribution in [0.3, 0.4) is 0 Å². The van der Waals surface area contributed by atoms with Crippen LogP contribution in [0.4, 0.5) is 17.1 Å². The highest BCUT2D eigenvalue weighted by molar-refractivity contribution is 5.66. The summed E-state index contributed by atoms with van der Waals surface area (Å²) in [6, 6.07) is 4.94. The van der Waals surface area contributed by atoms with Gasteiger partial charge in [0, 0.05) is 31.4 Å². The van der Waals surface area contributed by atoms with Gasteiger partial charge in [-0.05, 0) is 32.1 Å². The third-order valence-electron chi connectivity index (χ3n) is 2.98. The first-order valence-electron chi connectivity index (χ1n) is 6.75. The minimum atomic E-state index is -0.453. The molecule has 20 heavy (non-hydrogen) atoms. The molecule has 0 fully saturated rings. The van der Waals surface area contributed by atoms with E-state index in [-0.39, 0.29) is 11.4 Å². The Morgan fingerprint density at radius 2 is 1.95 bits per heavy atom. The van der Waals surface area contributed by atoms with Crippen molar-refractivity contribution in [2.45, 2.75) is 13.8 Å². The molecule has 0 unspecified atom stereocenters. The van der Waals surface area contributed by atoms with Crippen LogP contribution in [-0.4, -0.2) is 43.6 Å². The summed E-state index contributed by atoms with van der Waals surface area (Å²) in [7, 11) is 4.05. The van der Waals surface area contributed by atoms with Crippen molar-refractivity contribution < 1.29 is 4.92 Å². The van der Waals surface area contributed by atoms with E-state index >= 15 is 0 Å². The van der Waals surface area contributed by atoms with Gasteiger partial charge in [0.2, 0.25) is 0 Å². The summed E-state index contributed by atoms with van der Waals surface area (Å²) < 4.78 is 0. The fraction of sp³-hybridized carbons (Fsp3) is 0.571.